The van der Waals surface area contributed by atoms with Crippen LogP contribution in [0, 0.1) is 0 Å². The Bertz CT molecular complexity index is 1170. The molecule has 1 unspecified atom stereocenters. The zero-order valence-electron chi connectivity index (χ0n) is 20.4. The molecule has 172 valence electrons. The van der Waals surface area contributed by atoms with E-state index >= 15 is 0 Å². The highest BCUT2D eigenvalue weighted by Crippen LogP contribution is 2.51. The molecule has 4 nitrogen and oxygen atoms in total. The predicted molar refractivity (Wildman–Crippen MR) is 135 cm³/mol. The van der Waals surface area contributed by atoms with E-state index in [1.807, 2.05) is 42.5 Å². The number of fused-ring (bicyclic) bond motifs is 3. The van der Waals surface area contributed by atoms with Gasteiger partial charge < -0.3 is 13.8 Å². The first-order valence-electron chi connectivity index (χ1n) is 11.2. The number of hydrogen-bond acceptors (Lipinski definition) is 4. The van der Waals surface area contributed by atoms with E-state index in [-0.39, 0.29) is 16.8 Å². The molecule has 0 amide bonds. The highest BCUT2D eigenvalue weighted by molar-refractivity contribution is 7.57. The minimum Gasteiger partial charge on any atom is -0.435 e. The van der Waals surface area contributed by atoms with Crippen molar-refractivity contribution in [2.75, 3.05) is 0 Å². The van der Waals surface area contributed by atoms with E-state index < -0.39 is 8.38 Å². The third-order valence-electron chi connectivity index (χ3n) is 5.57. The van der Waals surface area contributed by atoms with E-state index in [2.05, 4.69) is 59.7 Å². The Kier molecular flexibility index (Phi) is 6.01. The summed E-state index contributed by atoms with van der Waals surface area (Å²) in [5, 5.41) is 1.05. The van der Waals surface area contributed by atoms with E-state index in [0.717, 1.165) is 33.3 Å². The number of rotatable bonds is 3. The van der Waals surface area contributed by atoms with Crippen LogP contribution in [0.2, 0.25) is 0 Å². The maximum atomic E-state index is 12.0. The molecule has 0 N–H and O–H groups in total. The number of esters is 1. The molecule has 5 heteroatoms. The molecule has 1 atom stereocenters. The third kappa shape index (κ3) is 4.77. The molecule has 3 aromatic rings. The average molecular weight is 463 g/mol. The maximum absolute atomic E-state index is 12.0. The van der Waals surface area contributed by atoms with Crippen molar-refractivity contribution in [3.8, 4) is 28.4 Å². The lowest BCUT2D eigenvalue weighted by atomic mass is 9.79. The standard InChI is InChI=1S/C28H31O4P/c1-18(29)30-26-22(27(2,3)4)16-19(17-23(26)28(5,6)7)31-33-25-15-11-9-13-21(25)20-12-8-10-14-24(20)32-33/h8-17H,1-7H3. The summed E-state index contributed by atoms with van der Waals surface area (Å²) in [4.78, 5) is 12.0. The molecule has 0 aliphatic carbocycles. The van der Waals surface area contributed by atoms with Gasteiger partial charge in [0.2, 0.25) is 0 Å². The van der Waals surface area contributed by atoms with Crippen molar-refractivity contribution in [1.82, 2.24) is 0 Å². The number of benzene rings is 3. The summed E-state index contributed by atoms with van der Waals surface area (Å²) in [7, 11) is -1.38. The van der Waals surface area contributed by atoms with Crippen LogP contribution >= 0.6 is 8.38 Å². The fourth-order valence-corrected chi connectivity index (χ4v) is 5.42. The monoisotopic (exact) mass is 462 g/mol. The lowest BCUT2D eigenvalue weighted by Crippen LogP contribution is -2.22. The molecule has 33 heavy (non-hydrogen) atoms. The van der Waals surface area contributed by atoms with Crippen LogP contribution in [0.4, 0.5) is 0 Å². The smallest absolute Gasteiger partial charge is 0.326 e. The molecule has 0 saturated carbocycles. The second kappa shape index (κ2) is 8.50. The molecular weight excluding hydrogens is 431 g/mol. The number of para-hydroxylation sites is 1. The number of carbonyl (C=O) groups excluding carboxylic acids is 1. The molecule has 1 aliphatic rings. The van der Waals surface area contributed by atoms with Gasteiger partial charge in [-0.05, 0) is 40.7 Å². The summed E-state index contributed by atoms with van der Waals surface area (Å²) >= 11 is 0. The third-order valence-corrected chi connectivity index (χ3v) is 7.09. The van der Waals surface area contributed by atoms with Crippen LogP contribution < -0.4 is 19.1 Å². The molecule has 0 radical (unpaired) electrons. The fourth-order valence-electron chi connectivity index (χ4n) is 3.95. The second-order valence-electron chi connectivity index (χ2n) is 10.4. The van der Waals surface area contributed by atoms with Gasteiger partial charge in [0.05, 0.1) is 5.30 Å². The zero-order chi connectivity index (χ0) is 24.0. The molecule has 0 bridgehead atoms. The highest BCUT2D eigenvalue weighted by Gasteiger charge is 2.32. The molecule has 0 aromatic heterocycles. The van der Waals surface area contributed by atoms with Crippen LogP contribution in [-0.2, 0) is 15.6 Å². The van der Waals surface area contributed by atoms with Gasteiger partial charge >= 0.3 is 14.3 Å². The van der Waals surface area contributed by atoms with Crippen LogP contribution in [-0.4, -0.2) is 5.97 Å². The van der Waals surface area contributed by atoms with E-state index in [1.54, 1.807) is 0 Å². The Hall–Kier alpha value is -2.84. The molecule has 1 aliphatic heterocycles. The molecule has 0 spiro atoms. The lowest BCUT2D eigenvalue weighted by Gasteiger charge is -2.31. The van der Waals surface area contributed by atoms with Gasteiger partial charge in [-0.15, -0.1) is 0 Å². The van der Waals surface area contributed by atoms with Crippen molar-refractivity contribution in [1.29, 1.82) is 0 Å². The average Bonchev–Trinajstić information content (AvgIpc) is 2.73. The predicted octanol–water partition coefficient (Wildman–Crippen LogP) is 7.28. The first kappa shape index (κ1) is 23.3. The highest BCUT2D eigenvalue weighted by atomic mass is 31.2. The number of carbonyl (C=O) groups is 1. The number of ether oxygens (including phenoxy) is 1. The van der Waals surface area contributed by atoms with Crippen LogP contribution in [0.25, 0.3) is 11.1 Å². The van der Waals surface area contributed by atoms with Crippen molar-refractivity contribution >= 4 is 19.6 Å². The maximum Gasteiger partial charge on any atom is 0.326 e. The normalized spacial score (nSPS) is 15.2. The summed E-state index contributed by atoms with van der Waals surface area (Å²) in [6.45, 7) is 14.1. The first-order valence-corrected chi connectivity index (χ1v) is 12.3. The summed E-state index contributed by atoms with van der Waals surface area (Å²) in [5.74, 6) is 1.83. The summed E-state index contributed by atoms with van der Waals surface area (Å²) in [5.41, 5.74) is 3.56. The Morgan fingerprint density at radius 1 is 0.818 bits per heavy atom. The van der Waals surface area contributed by atoms with Crippen LogP contribution in [0.3, 0.4) is 0 Å². The van der Waals surface area contributed by atoms with Crippen LogP contribution in [0.15, 0.2) is 60.7 Å². The van der Waals surface area contributed by atoms with E-state index in [1.165, 1.54) is 6.92 Å². The molecule has 0 fully saturated rings. The van der Waals surface area contributed by atoms with Crippen LogP contribution in [0.1, 0.15) is 59.6 Å². The van der Waals surface area contributed by atoms with Crippen molar-refractivity contribution in [2.45, 2.75) is 59.3 Å². The van der Waals surface area contributed by atoms with Crippen molar-refractivity contribution in [3.05, 3.63) is 71.8 Å². The molecular formula is C28H31O4P. The summed E-state index contributed by atoms with van der Waals surface area (Å²) in [6, 6.07) is 20.3. The summed E-state index contributed by atoms with van der Waals surface area (Å²) in [6.07, 6.45) is 0. The fraction of sp³-hybridized carbons (Fsp3) is 0.321. The zero-order valence-corrected chi connectivity index (χ0v) is 21.2. The van der Waals surface area contributed by atoms with E-state index in [9.17, 15) is 4.79 Å². The largest absolute Gasteiger partial charge is 0.435 e. The van der Waals surface area contributed by atoms with Gasteiger partial charge in [0, 0.05) is 23.6 Å². The van der Waals surface area contributed by atoms with Gasteiger partial charge in [0.1, 0.15) is 17.2 Å². The second-order valence-corrected chi connectivity index (χ2v) is 11.8. The quantitative estimate of drug-likeness (QED) is 0.233. The first-order chi connectivity index (χ1) is 15.4. The van der Waals surface area contributed by atoms with E-state index in [4.69, 9.17) is 13.8 Å². The van der Waals surface area contributed by atoms with Crippen molar-refractivity contribution < 1.29 is 18.6 Å². The van der Waals surface area contributed by atoms with Crippen molar-refractivity contribution in [3.63, 3.8) is 0 Å². The molecule has 4 rings (SSSR count). The van der Waals surface area contributed by atoms with Gasteiger partial charge in [-0.3, -0.25) is 4.79 Å². The molecule has 1 heterocycles. The van der Waals surface area contributed by atoms with E-state index in [0.29, 0.717) is 11.5 Å². The van der Waals surface area contributed by atoms with Gasteiger partial charge in [-0.2, -0.15) is 0 Å². The SMILES string of the molecule is CC(=O)Oc1c(C(C)(C)C)cc(OP2Oc3ccccc3-c3ccccc32)cc1C(C)(C)C. The van der Waals surface area contributed by atoms with Crippen LogP contribution in [0.5, 0.6) is 17.2 Å². The van der Waals surface area contributed by atoms with Gasteiger partial charge in [0.15, 0.2) is 0 Å². The molecule has 3 aromatic carbocycles. The Morgan fingerprint density at radius 2 is 1.36 bits per heavy atom. The van der Waals surface area contributed by atoms with Crippen molar-refractivity contribution in [2.24, 2.45) is 0 Å². The Balaban J connectivity index is 1.83. The summed E-state index contributed by atoms with van der Waals surface area (Å²) < 4.78 is 18.7. The Labute approximate surface area is 197 Å². The lowest BCUT2D eigenvalue weighted by molar-refractivity contribution is -0.132. The molecule has 0 saturated heterocycles. The Morgan fingerprint density at radius 3 is 1.94 bits per heavy atom. The minimum absolute atomic E-state index is 0.255. The number of hydrogen-bond donors (Lipinski definition) is 0. The van der Waals surface area contributed by atoms with Gasteiger partial charge in [-0.25, -0.2) is 0 Å². The van der Waals surface area contributed by atoms with Gasteiger partial charge in [0.25, 0.3) is 0 Å². The van der Waals surface area contributed by atoms with Gasteiger partial charge in [-0.1, -0.05) is 77.9 Å². The topological polar surface area (TPSA) is 44.8 Å². The minimum atomic E-state index is -1.38.